The van der Waals surface area contributed by atoms with Gasteiger partial charge in [-0.05, 0) is 32.6 Å². The van der Waals surface area contributed by atoms with Crippen molar-refractivity contribution in [3.05, 3.63) is 29.6 Å². The number of rotatable bonds is 7. The summed E-state index contributed by atoms with van der Waals surface area (Å²) in [5, 5.41) is 0. The molecule has 0 spiro atoms. The quantitative estimate of drug-likeness (QED) is 0.581. The molecule has 0 aliphatic rings. The number of hydrogen-bond acceptors (Lipinski definition) is 3. The number of aryl methyl sites for hydroxylation is 1. The van der Waals surface area contributed by atoms with Crippen LogP contribution in [0, 0.1) is 6.92 Å². The van der Waals surface area contributed by atoms with Gasteiger partial charge in [-0.25, -0.2) is 4.98 Å². The lowest BCUT2D eigenvalue weighted by molar-refractivity contribution is 0.111. The van der Waals surface area contributed by atoms with E-state index in [4.69, 9.17) is 16.3 Å². The van der Waals surface area contributed by atoms with Gasteiger partial charge in [0.2, 0.25) is 0 Å². The molecule has 0 N–H and O–H groups in total. The Labute approximate surface area is 125 Å². The Morgan fingerprint density at radius 2 is 2.10 bits per heavy atom. The van der Waals surface area contributed by atoms with Crippen LogP contribution in [0.15, 0.2) is 18.2 Å². The molecule has 0 amide bonds. The molecule has 0 aliphatic heterocycles. The van der Waals surface area contributed by atoms with Crippen LogP contribution in [0.2, 0.25) is 0 Å². The summed E-state index contributed by atoms with van der Waals surface area (Å²) in [6, 6.07) is 6.22. The number of hydrogen-bond donors (Lipinski definition) is 0. The number of likely N-dealkylation sites (N-methyl/N-ethyl adjacent to an activating group) is 1. The van der Waals surface area contributed by atoms with Gasteiger partial charge < -0.3 is 14.2 Å². The number of ether oxygens (including phenoxy) is 1. The molecular weight excluding hydrogens is 274 g/mol. The van der Waals surface area contributed by atoms with E-state index in [0.29, 0.717) is 12.5 Å². The second-order valence-electron chi connectivity index (χ2n) is 5.17. The summed E-state index contributed by atoms with van der Waals surface area (Å²) in [6.45, 7) is 5.22. The molecule has 0 radical (unpaired) electrons. The molecule has 0 bridgehead atoms. The van der Waals surface area contributed by atoms with Crippen molar-refractivity contribution < 1.29 is 4.74 Å². The molecule has 2 aromatic rings. The number of benzene rings is 1. The second-order valence-corrected chi connectivity index (χ2v) is 5.44. The molecule has 1 aromatic carbocycles. The predicted octanol–water partition coefficient (Wildman–Crippen LogP) is 2.66. The van der Waals surface area contributed by atoms with E-state index in [9.17, 15) is 0 Å². The Morgan fingerprint density at radius 3 is 2.80 bits per heavy atom. The van der Waals surface area contributed by atoms with Gasteiger partial charge in [-0.2, -0.15) is 0 Å². The Bertz CT molecular complexity index is 565. The van der Waals surface area contributed by atoms with Crippen LogP contribution in [0.4, 0.5) is 0 Å². The summed E-state index contributed by atoms with van der Waals surface area (Å²) >= 11 is 6.01. The number of imidazole rings is 1. The standard InChI is InChI=1S/C15H22ClN3O/c1-12-5-4-6-13-15(12)17-14(11-16)19(13)8-10-20-9-7-18(2)3/h4-6H,7-11H2,1-3H3. The third-order valence-electron chi connectivity index (χ3n) is 3.32. The Balaban J connectivity index is 2.07. The van der Waals surface area contributed by atoms with E-state index in [1.807, 2.05) is 14.1 Å². The van der Waals surface area contributed by atoms with Gasteiger partial charge in [0, 0.05) is 13.1 Å². The van der Waals surface area contributed by atoms with Gasteiger partial charge in [0.25, 0.3) is 0 Å². The molecule has 5 heteroatoms. The molecule has 4 nitrogen and oxygen atoms in total. The van der Waals surface area contributed by atoms with Crippen LogP contribution in [0.3, 0.4) is 0 Å². The maximum Gasteiger partial charge on any atom is 0.124 e. The first-order valence-corrected chi connectivity index (χ1v) is 7.40. The lowest BCUT2D eigenvalue weighted by Gasteiger charge is -2.11. The van der Waals surface area contributed by atoms with Crippen molar-refractivity contribution in [3.8, 4) is 0 Å². The fourth-order valence-corrected chi connectivity index (χ4v) is 2.40. The SMILES string of the molecule is Cc1cccc2c1nc(CCl)n2CCOCCN(C)C. The lowest BCUT2D eigenvalue weighted by Crippen LogP contribution is -2.19. The average Bonchev–Trinajstić information content (AvgIpc) is 2.78. The maximum absolute atomic E-state index is 6.01. The van der Waals surface area contributed by atoms with E-state index >= 15 is 0 Å². The summed E-state index contributed by atoms with van der Waals surface area (Å²) in [5.74, 6) is 1.33. The molecule has 20 heavy (non-hydrogen) atoms. The number of aromatic nitrogens is 2. The van der Waals surface area contributed by atoms with Crippen LogP contribution in [0.5, 0.6) is 0 Å². The largest absolute Gasteiger partial charge is 0.378 e. The van der Waals surface area contributed by atoms with Crippen LogP contribution >= 0.6 is 11.6 Å². The van der Waals surface area contributed by atoms with Gasteiger partial charge in [-0.3, -0.25) is 0 Å². The number of alkyl halides is 1. The highest BCUT2D eigenvalue weighted by Gasteiger charge is 2.10. The van der Waals surface area contributed by atoms with Crippen LogP contribution in [-0.2, 0) is 17.2 Å². The van der Waals surface area contributed by atoms with Crippen molar-refractivity contribution >= 4 is 22.6 Å². The first kappa shape index (κ1) is 15.3. The van der Waals surface area contributed by atoms with Crippen LogP contribution in [0.25, 0.3) is 11.0 Å². The van der Waals surface area contributed by atoms with Gasteiger partial charge in [-0.1, -0.05) is 12.1 Å². The van der Waals surface area contributed by atoms with E-state index in [-0.39, 0.29) is 0 Å². The molecule has 1 aromatic heterocycles. The van der Waals surface area contributed by atoms with Crippen LogP contribution in [-0.4, -0.2) is 48.3 Å². The van der Waals surface area contributed by atoms with Crippen LogP contribution < -0.4 is 0 Å². The highest BCUT2D eigenvalue weighted by molar-refractivity contribution is 6.16. The molecule has 0 saturated carbocycles. The average molecular weight is 296 g/mol. The number of halogens is 1. The topological polar surface area (TPSA) is 30.3 Å². The summed E-state index contributed by atoms with van der Waals surface area (Å²) in [4.78, 5) is 6.74. The zero-order valence-electron chi connectivity index (χ0n) is 12.4. The fourth-order valence-electron chi connectivity index (χ4n) is 2.19. The zero-order chi connectivity index (χ0) is 14.5. The monoisotopic (exact) mass is 295 g/mol. The fraction of sp³-hybridized carbons (Fsp3) is 0.533. The van der Waals surface area contributed by atoms with E-state index in [1.54, 1.807) is 0 Å². The molecule has 0 unspecified atom stereocenters. The van der Waals surface area contributed by atoms with Gasteiger partial charge in [-0.15, -0.1) is 11.6 Å². The van der Waals surface area contributed by atoms with E-state index < -0.39 is 0 Å². The second kappa shape index (κ2) is 7.07. The van der Waals surface area contributed by atoms with E-state index in [1.165, 1.54) is 5.56 Å². The number of para-hydroxylation sites is 1. The van der Waals surface area contributed by atoms with Crippen LogP contribution in [0.1, 0.15) is 11.4 Å². The van der Waals surface area contributed by atoms with Gasteiger partial charge in [0.05, 0.1) is 30.1 Å². The highest BCUT2D eigenvalue weighted by atomic mass is 35.5. The Kier molecular flexibility index (Phi) is 5.40. The summed E-state index contributed by atoms with van der Waals surface area (Å²) in [6.07, 6.45) is 0. The third-order valence-corrected chi connectivity index (χ3v) is 3.56. The molecule has 0 saturated heterocycles. The van der Waals surface area contributed by atoms with Crippen molar-refractivity contribution in [1.82, 2.24) is 14.5 Å². The first-order chi connectivity index (χ1) is 9.63. The molecule has 1 heterocycles. The minimum Gasteiger partial charge on any atom is -0.378 e. The number of nitrogens with zero attached hydrogens (tertiary/aromatic N) is 3. The molecule has 0 fully saturated rings. The Hall–Kier alpha value is -1.10. The minimum absolute atomic E-state index is 0.422. The highest BCUT2D eigenvalue weighted by Crippen LogP contribution is 2.20. The summed E-state index contributed by atoms with van der Waals surface area (Å²) < 4.78 is 7.82. The van der Waals surface area contributed by atoms with Crippen molar-refractivity contribution in [3.63, 3.8) is 0 Å². The molecular formula is C15H22ClN3O. The molecule has 0 atom stereocenters. The van der Waals surface area contributed by atoms with Crippen molar-refractivity contribution in [2.75, 3.05) is 33.9 Å². The van der Waals surface area contributed by atoms with Gasteiger partial charge in [0.15, 0.2) is 0 Å². The van der Waals surface area contributed by atoms with Crippen molar-refractivity contribution in [2.24, 2.45) is 0 Å². The third kappa shape index (κ3) is 3.51. The molecule has 0 aliphatic carbocycles. The predicted molar refractivity (Wildman–Crippen MR) is 83.4 cm³/mol. The molecule has 110 valence electrons. The number of fused-ring (bicyclic) bond motifs is 1. The van der Waals surface area contributed by atoms with E-state index in [0.717, 1.165) is 36.6 Å². The maximum atomic E-state index is 6.01. The summed E-state index contributed by atoms with van der Waals surface area (Å²) in [7, 11) is 4.09. The van der Waals surface area contributed by atoms with E-state index in [2.05, 4.69) is 39.6 Å². The minimum atomic E-state index is 0.422. The van der Waals surface area contributed by atoms with Gasteiger partial charge in [0.1, 0.15) is 5.82 Å². The molecule has 2 rings (SSSR count). The van der Waals surface area contributed by atoms with Crippen molar-refractivity contribution in [2.45, 2.75) is 19.3 Å². The normalized spacial score (nSPS) is 11.7. The smallest absolute Gasteiger partial charge is 0.124 e. The summed E-state index contributed by atoms with van der Waals surface area (Å²) in [5.41, 5.74) is 3.36. The first-order valence-electron chi connectivity index (χ1n) is 6.86. The Morgan fingerprint density at radius 1 is 1.30 bits per heavy atom. The lowest BCUT2D eigenvalue weighted by atomic mass is 10.2. The van der Waals surface area contributed by atoms with Gasteiger partial charge >= 0.3 is 0 Å². The zero-order valence-corrected chi connectivity index (χ0v) is 13.2. The van der Waals surface area contributed by atoms with Crippen molar-refractivity contribution in [1.29, 1.82) is 0 Å².